The Bertz CT molecular complexity index is 1250. The molecule has 2 aliphatic carbocycles. The molecule has 2 aromatic rings. The Morgan fingerprint density at radius 3 is 2.38 bits per heavy atom. The molecule has 0 unspecified atom stereocenters. The third-order valence-electron chi connectivity index (χ3n) is 7.06. The zero-order valence-electron chi connectivity index (χ0n) is 22.1. The molecule has 1 amide bonds. The second-order valence-electron chi connectivity index (χ2n) is 10.2. The monoisotopic (exact) mass is 677 g/mol. The number of aryl methyl sites for hydroxylation is 1. The summed E-state index contributed by atoms with van der Waals surface area (Å²) in [5, 5.41) is 6.19. The van der Waals surface area contributed by atoms with E-state index in [-0.39, 0.29) is 18.0 Å². The van der Waals surface area contributed by atoms with Gasteiger partial charge in [0.25, 0.3) is 5.91 Å². The van der Waals surface area contributed by atoms with E-state index in [2.05, 4.69) is 15.5 Å². The Balaban J connectivity index is 1.40. The van der Waals surface area contributed by atoms with E-state index in [1.54, 1.807) is 13.8 Å². The lowest BCUT2D eigenvalue weighted by Gasteiger charge is -2.30. The summed E-state index contributed by atoms with van der Waals surface area (Å²) in [6.07, 6.45) is 9.79. The molecule has 0 aromatic carbocycles. The van der Waals surface area contributed by atoms with Gasteiger partial charge in [-0.05, 0) is 94.1 Å². The van der Waals surface area contributed by atoms with Crippen LogP contribution in [0.1, 0.15) is 73.3 Å². The van der Waals surface area contributed by atoms with Crippen LogP contribution < -0.4 is 15.5 Å². The Hall–Kier alpha value is -1.12. The summed E-state index contributed by atoms with van der Waals surface area (Å²) in [5.74, 6) is 1.54. The Morgan fingerprint density at radius 1 is 1.11 bits per heavy atom. The minimum absolute atomic E-state index is 0.0631. The van der Waals surface area contributed by atoms with Gasteiger partial charge in [-0.25, -0.2) is 13.4 Å². The number of nitrogens with zero attached hydrogens (tertiary/aromatic N) is 3. The van der Waals surface area contributed by atoms with Gasteiger partial charge in [0.2, 0.25) is 5.95 Å². The first-order valence-corrected chi connectivity index (χ1v) is 17.4. The number of thioether (sulfide) groups is 1. The van der Waals surface area contributed by atoms with Gasteiger partial charge < -0.3 is 15.5 Å². The zero-order chi connectivity index (χ0) is 26.9. The van der Waals surface area contributed by atoms with Crippen molar-refractivity contribution in [1.82, 2.24) is 15.3 Å². The third kappa shape index (κ3) is 6.22. The molecule has 0 aliphatic heterocycles. The molecule has 37 heavy (non-hydrogen) atoms. The standard InChI is InChI=1S/C25H36IN5O3S3/c1-14(2)37(33,34)21-19(26)20(36-24(21)35-5)23(32)27-15-10-12-16(13-11-15)28-25-29-18-9-7-6-8-17(18)22(30-25)31(3)4/h14-16H,6-13H2,1-5H3,(H,27,32)(H,28,29,30). The second kappa shape index (κ2) is 12.0. The summed E-state index contributed by atoms with van der Waals surface area (Å²) in [6.45, 7) is 3.35. The molecule has 4 rings (SSSR count). The average molecular weight is 678 g/mol. The van der Waals surface area contributed by atoms with Crippen LogP contribution in [0, 0.1) is 3.57 Å². The summed E-state index contributed by atoms with van der Waals surface area (Å²) in [7, 11) is 0.601. The van der Waals surface area contributed by atoms with Crippen molar-refractivity contribution in [2.24, 2.45) is 0 Å². The van der Waals surface area contributed by atoms with Crippen molar-refractivity contribution in [1.29, 1.82) is 0 Å². The fraction of sp³-hybridized carbons (Fsp3) is 0.640. The number of carbonyl (C=O) groups is 1. The van der Waals surface area contributed by atoms with Crippen LogP contribution in [0.2, 0.25) is 0 Å². The van der Waals surface area contributed by atoms with E-state index in [0.717, 1.165) is 44.3 Å². The summed E-state index contributed by atoms with van der Waals surface area (Å²) in [6, 6.07) is 0.325. The van der Waals surface area contributed by atoms with Crippen molar-refractivity contribution in [2.45, 2.75) is 91.7 Å². The Labute approximate surface area is 242 Å². The van der Waals surface area contributed by atoms with Gasteiger partial charge in [0.1, 0.15) is 15.6 Å². The summed E-state index contributed by atoms with van der Waals surface area (Å²) in [5.41, 5.74) is 2.45. The van der Waals surface area contributed by atoms with Gasteiger partial charge in [-0.15, -0.1) is 23.1 Å². The highest BCUT2D eigenvalue weighted by molar-refractivity contribution is 14.1. The number of nitrogens with one attached hydrogen (secondary N) is 2. The molecule has 12 heteroatoms. The smallest absolute Gasteiger partial charge is 0.262 e. The molecular formula is C25H36IN5O3S3. The van der Waals surface area contributed by atoms with Crippen molar-refractivity contribution in [3.63, 3.8) is 0 Å². The van der Waals surface area contributed by atoms with Crippen LogP contribution in [0.5, 0.6) is 0 Å². The van der Waals surface area contributed by atoms with E-state index in [1.165, 1.54) is 47.2 Å². The van der Waals surface area contributed by atoms with Gasteiger partial charge in [-0.2, -0.15) is 4.98 Å². The predicted molar refractivity (Wildman–Crippen MR) is 161 cm³/mol. The van der Waals surface area contributed by atoms with E-state index >= 15 is 0 Å². The SMILES string of the molecule is CSc1sc(C(=O)NC2CCC(Nc3nc4c(c(N(C)C)n3)CCCC4)CC2)c(I)c1S(=O)(=O)C(C)C. The number of sulfone groups is 1. The fourth-order valence-corrected chi connectivity index (χ4v) is 10.9. The maximum Gasteiger partial charge on any atom is 0.262 e. The van der Waals surface area contributed by atoms with E-state index in [1.807, 2.05) is 42.9 Å². The number of amides is 1. The minimum Gasteiger partial charge on any atom is -0.362 e. The van der Waals surface area contributed by atoms with Gasteiger partial charge in [0.15, 0.2) is 9.84 Å². The van der Waals surface area contributed by atoms with Crippen LogP contribution in [0.25, 0.3) is 0 Å². The van der Waals surface area contributed by atoms with Crippen LogP contribution in [-0.2, 0) is 22.7 Å². The molecule has 0 bridgehead atoms. The Morgan fingerprint density at radius 2 is 1.76 bits per heavy atom. The molecule has 0 saturated heterocycles. The second-order valence-corrected chi connectivity index (χ2v) is 15.8. The topological polar surface area (TPSA) is 104 Å². The predicted octanol–water partition coefficient (Wildman–Crippen LogP) is 5.14. The first kappa shape index (κ1) is 28.9. The summed E-state index contributed by atoms with van der Waals surface area (Å²) >= 11 is 4.68. The molecule has 2 N–H and O–H groups in total. The number of carbonyl (C=O) groups excluding carboxylic acids is 1. The van der Waals surface area contributed by atoms with Gasteiger partial charge in [-0.3, -0.25) is 4.79 Å². The lowest BCUT2D eigenvalue weighted by Crippen LogP contribution is -2.40. The van der Waals surface area contributed by atoms with Crippen LogP contribution in [0.15, 0.2) is 9.10 Å². The van der Waals surface area contributed by atoms with Crippen LogP contribution in [0.3, 0.4) is 0 Å². The number of thiophene rings is 1. The third-order valence-corrected chi connectivity index (χ3v) is 13.7. The molecule has 0 radical (unpaired) electrons. The minimum atomic E-state index is -3.47. The summed E-state index contributed by atoms with van der Waals surface area (Å²) < 4.78 is 27.1. The summed E-state index contributed by atoms with van der Waals surface area (Å²) in [4.78, 5) is 25.7. The molecule has 2 aliphatic rings. The number of hydrogen-bond acceptors (Lipinski definition) is 9. The van der Waals surface area contributed by atoms with E-state index in [0.29, 0.717) is 23.5 Å². The van der Waals surface area contributed by atoms with Crippen molar-refractivity contribution in [3.05, 3.63) is 19.7 Å². The number of hydrogen-bond donors (Lipinski definition) is 2. The van der Waals surface area contributed by atoms with Gasteiger partial charge in [-0.1, -0.05) is 0 Å². The lowest BCUT2D eigenvalue weighted by molar-refractivity contribution is 0.0929. The first-order valence-electron chi connectivity index (χ1n) is 12.8. The van der Waals surface area contributed by atoms with E-state index < -0.39 is 15.1 Å². The normalized spacial score (nSPS) is 20.0. The highest BCUT2D eigenvalue weighted by Crippen LogP contribution is 2.41. The molecule has 2 aromatic heterocycles. The highest BCUT2D eigenvalue weighted by Gasteiger charge is 2.33. The van der Waals surface area contributed by atoms with Crippen LogP contribution in [0.4, 0.5) is 11.8 Å². The quantitative estimate of drug-likeness (QED) is 0.293. The first-order chi connectivity index (χ1) is 17.5. The largest absolute Gasteiger partial charge is 0.362 e. The molecule has 204 valence electrons. The van der Waals surface area contributed by atoms with Crippen molar-refractivity contribution in [3.8, 4) is 0 Å². The lowest BCUT2D eigenvalue weighted by atomic mass is 9.91. The maximum absolute atomic E-state index is 13.2. The number of anilines is 2. The maximum atomic E-state index is 13.2. The van der Waals surface area contributed by atoms with E-state index in [4.69, 9.17) is 9.97 Å². The van der Waals surface area contributed by atoms with Gasteiger partial charge >= 0.3 is 0 Å². The number of fused-ring (bicyclic) bond motifs is 1. The number of rotatable bonds is 8. The average Bonchev–Trinajstić information content (AvgIpc) is 3.21. The van der Waals surface area contributed by atoms with Crippen LogP contribution >= 0.6 is 45.7 Å². The zero-order valence-corrected chi connectivity index (χ0v) is 26.7. The fourth-order valence-electron chi connectivity index (χ4n) is 4.96. The molecule has 1 saturated carbocycles. The number of aromatic nitrogens is 2. The Kier molecular flexibility index (Phi) is 9.33. The molecule has 1 fully saturated rings. The molecule has 0 atom stereocenters. The van der Waals surface area contributed by atoms with Gasteiger partial charge in [0, 0.05) is 31.7 Å². The molecule has 8 nitrogen and oxygen atoms in total. The molecule has 2 heterocycles. The molecular weight excluding hydrogens is 641 g/mol. The number of halogens is 1. The van der Waals surface area contributed by atoms with E-state index in [9.17, 15) is 13.2 Å². The van der Waals surface area contributed by atoms with Crippen molar-refractivity contribution < 1.29 is 13.2 Å². The molecule has 0 spiro atoms. The van der Waals surface area contributed by atoms with Crippen molar-refractivity contribution >= 4 is 73.2 Å². The van der Waals surface area contributed by atoms with Gasteiger partial charge in [0.05, 0.1) is 18.7 Å². The van der Waals surface area contributed by atoms with Crippen molar-refractivity contribution in [2.75, 3.05) is 30.6 Å². The highest BCUT2D eigenvalue weighted by atomic mass is 127. The van der Waals surface area contributed by atoms with Crippen LogP contribution in [-0.4, -0.2) is 62.0 Å².